The third kappa shape index (κ3) is 77.6. The summed E-state index contributed by atoms with van der Waals surface area (Å²) in [5, 5.41) is 309. The van der Waals surface area contributed by atoms with E-state index in [9.17, 15) is 117 Å². The number of aliphatic hydroxyl groups excluding tert-OH is 29. The van der Waals surface area contributed by atoms with E-state index in [1.54, 1.807) is 6.92 Å². The zero-order valence-corrected chi connectivity index (χ0v) is 96.8. The van der Waals surface area contributed by atoms with Crippen LogP contribution in [0.1, 0.15) is 389 Å². The van der Waals surface area contributed by atoms with Gasteiger partial charge in [-0.1, -0.05) is 248 Å². The molecule has 0 fully saturated rings. The van der Waals surface area contributed by atoms with Crippen molar-refractivity contribution in [2.24, 2.45) is 111 Å². The van der Waals surface area contributed by atoms with E-state index in [1.165, 1.54) is 0 Å². The lowest BCUT2D eigenvalue weighted by atomic mass is 9.72. The fourth-order valence-corrected chi connectivity index (χ4v) is 16.4. The van der Waals surface area contributed by atoms with Crippen LogP contribution < -0.4 is 0 Å². The molecule has 33 heteroatoms. The van der Waals surface area contributed by atoms with Crippen molar-refractivity contribution in [3.63, 3.8) is 0 Å². The Kier molecular flexibility index (Phi) is 109. The first-order valence-corrected chi connectivity index (χ1v) is 54.7. The molecule has 0 radical (unpaired) electrons. The molecular formula is C110H242O33. The van der Waals surface area contributed by atoms with E-state index in [1.807, 2.05) is 208 Å². The quantitative estimate of drug-likeness (QED) is 0.0270. The highest BCUT2D eigenvalue weighted by Crippen LogP contribution is 2.36. The summed E-state index contributed by atoms with van der Waals surface area (Å²) >= 11 is 0. The van der Waals surface area contributed by atoms with E-state index < -0.39 is 125 Å². The van der Waals surface area contributed by atoms with Gasteiger partial charge in [0.25, 0.3) is 0 Å². The van der Waals surface area contributed by atoms with Crippen molar-refractivity contribution in [2.45, 2.75) is 503 Å². The van der Waals surface area contributed by atoms with Gasteiger partial charge < -0.3 is 169 Å². The second-order valence-corrected chi connectivity index (χ2v) is 44.8. The van der Waals surface area contributed by atoms with Gasteiger partial charge in [-0.15, -0.1) is 0 Å². The minimum absolute atomic E-state index is 0.0130. The van der Waals surface area contributed by atoms with Crippen LogP contribution in [0.4, 0.5) is 0 Å². The lowest BCUT2D eigenvalue weighted by Gasteiger charge is -2.38. The van der Waals surface area contributed by atoms with E-state index in [-0.39, 0.29) is 159 Å². The molecule has 0 rings (SSSR count). The van der Waals surface area contributed by atoms with Crippen LogP contribution in [-0.4, -0.2) is 375 Å². The molecule has 0 aliphatic rings. The molecule has 0 aromatic rings. The highest BCUT2D eigenvalue weighted by molar-refractivity contribution is 4.92. The van der Waals surface area contributed by atoms with Gasteiger partial charge in [0.1, 0.15) is 12.2 Å². The van der Waals surface area contributed by atoms with Gasteiger partial charge in [-0.05, 0) is 199 Å². The Labute approximate surface area is 871 Å². The molecular weight excluding hydrogens is 1850 g/mol. The molecule has 0 bridgehead atoms. The summed E-state index contributed by atoms with van der Waals surface area (Å²) in [6.45, 7) is 62.6. The molecule has 0 spiro atoms. The predicted molar refractivity (Wildman–Crippen MR) is 576 cm³/mol. The summed E-state index contributed by atoms with van der Waals surface area (Å²) in [5.74, 6) is 2.69. The fourth-order valence-electron chi connectivity index (χ4n) is 16.4. The van der Waals surface area contributed by atoms with Gasteiger partial charge in [0, 0.05) is 92.9 Å². The fraction of sp³-hybridized carbons (Fsp3) is 1.00. The Morgan fingerprint density at radius 2 is 0.650 bits per heavy atom. The second-order valence-electron chi connectivity index (χ2n) is 44.8. The molecule has 33 nitrogen and oxygen atoms in total. The largest absolute Gasteiger partial charge is 0.396 e. The van der Waals surface area contributed by atoms with Crippen molar-refractivity contribution in [1.29, 1.82) is 0 Å². The average molecular weight is 2090 g/mol. The zero-order chi connectivity index (χ0) is 115. The van der Waals surface area contributed by atoms with Gasteiger partial charge >= 0.3 is 0 Å². The van der Waals surface area contributed by atoms with Crippen LogP contribution in [0.15, 0.2) is 0 Å². The summed E-state index contributed by atoms with van der Waals surface area (Å²) in [7, 11) is 0. The third-order valence-electron chi connectivity index (χ3n) is 27.4. The maximum Gasteiger partial charge on any atom is 0.106 e. The first-order valence-electron chi connectivity index (χ1n) is 54.7. The van der Waals surface area contributed by atoms with Crippen LogP contribution in [0.25, 0.3) is 0 Å². The normalized spacial score (nSPS) is 18.0. The standard InChI is InChI=1S/11C10H22O3/c1-4-10(13,7-12)5-9(6-11)8(2)3;1-4-10(13,7-12)9(6-11)5-8(2)3;1-4-9(13)10(6-11,7-12)5-8(2)3;1-4-9(6-11)10(13,7-12)5-8(2)3;1-4-8(5-11)10(13)9(6-12)7(2)3;1-4-9(12)10(13)6-8(11)5-7(2)3;1-4-8(11)6-10(13)9(12)5-7(2)3;1-4-8(11)10(13)9(12)6-5-7(2)3;1-4-5-10(13,7-12)9(6-11)8(2)3;1-4-5-9(13)10(6-11,7-12)8(2)3;1-4-5-8(11)10(13)9(12)6-7(2)3/h4*8-9,11-13H,4-7H2,1-3H3;4*7-13H,4-6H2,1-3H3;2*8-9,11-13H,4-7H2,1-3H3;7-13H,4-6H2,1-3H3. The minimum atomic E-state index is -1.11. The average Bonchev–Trinajstić information content (AvgIpc) is 0.813. The van der Waals surface area contributed by atoms with Gasteiger partial charge in [-0.3, -0.25) is 0 Å². The second kappa shape index (κ2) is 95.3. The van der Waals surface area contributed by atoms with Crippen LogP contribution >= 0.6 is 0 Å². The van der Waals surface area contributed by atoms with E-state index in [0.29, 0.717) is 156 Å². The smallest absolute Gasteiger partial charge is 0.106 e. The van der Waals surface area contributed by atoms with Crippen molar-refractivity contribution in [2.75, 3.05) is 92.5 Å². The van der Waals surface area contributed by atoms with Crippen molar-refractivity contribution in [3.8, 4) is 0 Å². The van der Waals surface area contributed by atoms with Gasteiger partial charge in [-0.25, -0.2) is 0 Å². The summed E-state index contributed by atoms with van der Waals surface area (Å²) in [6.07, 6.45) is 3.85. The number of rotatable bonds is 66. The molecule has 25 atom stereocenters. The van der Waals surface area contributed by atoms with Crippen LogP contribution in [0.3, 0.4) is 0 Å². The van der Waals surface area contributed by atoms with Crippen LogP contribution in [0.5, 0.6) is 0 Å². The summed E-state index contributed by atoms with van der Waals surface area (Å²) in [6, 6.07) is 0. The van der Waals surface area contributed by atoms with Crippen LogP contribution in [0, 0.1) is 111 Å². The molecule has 0 amide bonds. The molecule has 0 saturated carbocycles. The molecule has 33 N–H and O–H groups in total. The van der Waals surface area contributed by atoms with Gasteiger partial charge in [-0.2, -0.15) is 0 Å². The van der Waals surface area contributed by atoms with Crippen molar-refractivity contribution in [1.82, 2.24) is 0 Å². The SMILES string of the molecule is CCC(CO)C(O)(CO)CC(C)C.CCC(CO)C(O)C(CO)C(C)C.CCC(O)(CO)C(CO)CC(C)C.CCC(O)(CO)CC(CO)C(C)C.CCC(O)C(CO)(CO)CC(C)C.CCC(O)C(O)C(O)CCC(C)C.CCC(O)C(O)CC(O)CC(C)C.CCC(O)CC(O)C(O)CC(C)C.CCCC(O)(CO)C(CO)C(C)C.CCCC(O)C(CO)(CO)C(C)C.CCCC(O)C(O)C(O)CC(C)C. The van der Waals surface area contributed by atoms with E-state index in [4.69, 9.17) is 51.1 Å². The zero-order valence-electron chi connectivity index (χ0n) is 96.8. The summed E-state index contributed by atoms with van der Waals surface area (Å²) in [5.41, 5.74) is -5.81. The predicted octanol–water partition coefficient (Wildman–Crippen LogP) is 8.94. The Bertz CT molecular complexity index is 2590. The van der Waals surface area contributed by atoms with E-state index in [0.717, 1.165) is 38.5 Å². The molecule has 0 aromatic heterocycles. The number of hydrogen-bond donors (Lipinski definition) is 33. The maximum atomic E-state index is 10.0. The lowest BCUT2D eigenvalue weighted by Crippen LogP contribution is -2.46. The molecule has 0 heterocycles. The Morgan fingerprint density at radius 1 is 0.238 bits per heavy atom. The van der Waals surface area contributed by atoms with E-state index in [2.05, 4.69) is 13.8 Å². The van der Waals surface area contributed by atoms with Gasteiger partial charge in [0.2, 0.25) is 0 Å². The van der Waals surface area contributed by atoms with E-state index >= 15 is 0 Å². The molecule has 25 unspecified atom stereocenters. The monoisotopic (exact) mass is 2090 g/mol. The Balaban J connectivity index is -0.000000149. The Morgan fingerprint density at radius 3 is 0.937 bits per heavy atom. The maximum absolute atomic E-state index is 10.0. The molecule has 0 aromatic carbocycles. The first kappa shape index (κ1) is 164. The van der Waals surface area contributed by atoms with Gasteiger partial charge in [0.05, 0.1) is 155 Å². The molecule has 0 saturated heterocycles. The van der Waals surface area contributed by atoms with Crippen molar-refractivity contribution < 1.29 is 169 Å². The topological polar surface area (TPSA) is 668 Å². The summed E-state index contributed by atoms with van der Waals surface area (Å²) in [4.78, 5) is 0. The number of aliphatic hydroxyl groups is 33. The number of hydrogen-bond acceptors (Lipinski definition) is 33. The van der Waals surface area contributed by atoms with Crippen LogP contribution in [0.2, 0.25) is 0 Å². The van der Waals surface area contributed by atoms with Crippen LogP contribution in [-0.2, 0) is 0 Å². The van der Waals surface area contributed by atoms with Crippen molar-refractivity contribution in [3.05, 3.63) is 0 Å². The third-order valence-corrected chi connectivity index (χ3v) is 27.4. The molecule has 143 heavy (non-hydrogen) atoms. The minimum Gasteiger partial charge on any atom is -0.396 e. The lowest BCUT2D eigenvalue weighted by molar-refractivity contribution is -0.0975. The molecule has 0 aliphatic heterocycles. The highest BCUT2D eigenvalue weighted by atomic mass is 16.4. The van der Waals surface area contributed by atoms with Crippen molar-refractivity contribution >= 4 is 0 Å². The first-order chi connectivity index (χ1) is 66.0. The Hall–Kier alpha value is -1.32. The molecule has 880 valence electrons. The summed E-state index contributed by atoms with van der Waals surface area (Å²) < 4.78 is 0. The van der Waals surface area contributed by atoms with Gasteiger partial charge in [0.15, 0.2) is 0 Å². The highest BCUT2D eigenvalue weighted by Gasteiger charge is 2.42. The molecule has 0 aliphatic carbocycles.